The Morgan fingerprint density at radius 1 is 0.720 bits per heavy atom. The van der Waals surface area contributed by atoms with Crippen LogP contribution in [0.3, 0.4) is 0 Å². The molecule has 2 fully saturated rings. The largest absolute Gasteiger partial charge is 0.466 e. The Balaban J connectivity index is 1.30. The lowest BCUT2D eigenvalue weighted by atomic mass is 9.93. The number of ether oxygens (including phenoxy) is 9. The first-order chi connectivity index (χ1) is 24.0. The van der Waals surface area contributed by atoms with Gasteiger partial charge in [0.05, 0.1) is 56.4 Å². The van der Waals surface area contributed by atoms with Gasteiger partial charge in [0.25, 0.3) is 0 Å². The standard InChI is InChI=1S/C39H58O11/c1-29(41)44-19-17-33(46-28-43-26-31-14-10-7-11-15-31)21-35-23-37(50-39(4,5)48-35)24-36-22-34(47-38(2,3)49-36)20-32(16-18-40)45-27-42-25-30-12-8-6-9-13-30/h6-15,32-37,40H,16-28H2,1-5H3/t32-,33+,34-,35+,36+,37+/m1/s1. The Morgan fingerprint density at radius 3 is 1.60 bits per heavy atom. The van der Waals surface area contributed by atoms with Crippen molar-refractivity contribution in [3.63, 3.8) is 0 Å². The lowest BCUT2D eigenvalue weighted by Gasteiger charge is -2.45. The molecule has 50 heavy (non-hydrogen) atoms. The van der Waals surface area contributed by atoms with Gasteiger partial charge in [-0.3, -0.25) is 4.79 Å². The number of esters is 1. The first kappa shape index (κ1) is 40.3. The zero-order valence-corrected chi connectivity index (χ0v) is 30.5. The molecule has 0 amide bonds. The van der Waals surface area contributed by atoms with Crippen molar-refractivity contribution in [3.8, 4) is 0 Å². The zero-order chi connectivity index (χ0) is 35.8. The van der Waals surface area contributed by atoms with E-state index in [1.807, 2.05) is 88.4 Å². The van der Waals surface area contributed by atoms with Crippen molar-refractivity contribution in [2.45, 2.75) is 141 Å². The van der Waals surface area contributed by atoms with Crippen LogP contribution in [-0.2, 0) is 60.6 Å². The Kier molecular flexibility index (Phi) is 16.6. The number of hydrogen-bond acceptors (Lipinski definition) is 11. The zero-order valence-electron chi connectivity index (χ0n) is 30.5. The number of aliphatic hydroxyl groups excluding tert-OH is 1. The number of hydrogen-bond donors (Lipinski definition) is 1. The fraction of sp³-hybridized carbons (Fsp3) is 0.667. The summed E-state index contributed by atoms with van der Waals surface area (Å²) >= 11 is 0. The maximum absolute atomic E-state index is 11.4. The maximum Gasteiger partial charge on any atom is 0.302 e. The molecule has 1 N–H and O–H groups in total. The van der Waals surface area contributed by atoms with Gasteiger partial charge in [0.1, 0.15) is 13.6 Å². The van der Waals surface area contributed by atoms with Gasteiger partial charge in [-0.05, 0) is 45.2 Å². The van der Waals surface area contributed by atoms with Gasteiger partial charge in [-0.15, -0.1) is 0 Å². The second kappa shape index (κ2) is 20.6. The maximum atomic E-state index is 11.4. The number of aliphatic hydroxyl groups is 1. The van der Waals surface area contributed by atoms with Crippen molar-refractivity contribution >= 4 is 5.97 Å². The molecule has 0 aromatic heterocycles. The van der Waals surface area contributed by atoms with E-state index in [9.17, 15) is 9.90 Å². The first-order valence-corrected chi connectivity index (χ1v) is 17.9. The predicted molar refractivity (Wildman–Crippen MR) is 186 cm³/mol. The van der Waals surface area contributed by atoms with Gasteiger partial charge < -0.3 is 47.7 Å². The first-order valence-electron chi connectivity index (χ1n) is 17.9. The third-order valence-corrected chi connectivity index (χ3v) is 8.62. The van der Waals surface area contributed by atoms with Crippen LogP contribution in [0.5, 0.6) is 0 Å². The molecule has 0 saturated carbocycles. The molecule has 0 radical (unpaired) electrons. The van der Waals surface area contributed by atoms with Crippen LogP contribution in [-0.4, -0.2) is 86.1 Å². The van der Waals surface area contributed by atoms with E-state index in [0.29, 0.717) is 58.2 Å². The van der Waals surface area contributed by atoms with Crippen LogP contribution in [0.2, 0.25) is 0 Å². The van der Waals surface area contributed by atoms with E-state index in [1.54, 1.807) is 0 Å². The normalized spacial score (nSPS) is 24.4. The summed E-state index contributed by atoms with van der Waals surface area (Å²) in [5, 5.41) is 9.74. The van der Waals surface area contributed by atoms with Crippen LogP contribution in [0.15, 0.2) is 60.7 Å². The molecule has 0 unspecified atom stereocenters. The summed E-state index contributed by atoms with van der Waals surface area (Å²) in [6.07, 6.45) is 3.20. The summed E-state index contributed by atoms with van der Waals surface area (Å²) in [7, 11) is 0. The smallest absolute Gasteiger partial charge is 0.302 e. The van der Waals surface area contributed by atoms with Crippen LogP contribution in [0, 0.1) is 0 Å². The Bertz CT molecular complexity index is 1230. The third-order valence-electron chi connectivity index (χ3n) is 8.62. The molecule has 4 rings (SSSR count). The van der Waals surface area contributed by atoms with E-state index in [2.05, 4.69) is 0 Å². The van der Waals surface area contributed by atoms with Crippen molar-refractivity contribution in [2.75, 3.05) is 26.8 Å². The summed E-state index contributed by atoms with van der Waals surface area (Å²) < 4.78 is 54.5. The predicted octanol–water partition coefficient (Wildman–Crippen LogP) is 6.43. The van der Waals surface area contributed by atoms with Crippen molar-refractivity contribution in [1.82, 2.24) is 0 Å². The van der Waals surface area contributed by atoms with E-state index in [4.69, 9.17) is 42.6 Å². The van der Waals surface area contributed by atoms with Gasteiger partial charge in [0.15, 0.2) is 11.6 Å². The molecule has 2 aromatic rings. The average Bonchev–Trinajstić information content (AvgIpc) is 3.04. The second-order valence-electron chi connectivity index (χ2n) is 14.1. The van der Waals surface area contributed by atoms with Crippen LogP contribution < -0.4 is 0 Å². The molecule has 280 valence electrons. The SMILES string of the molecule is CC(=O)OCC[C@@H](C[C@H]1C[C@@H](C[C@@H]2C[C@@H](C[C@@H](CCO)OCOCc3ccccc3)OC(C)(C)O2)OC(C)(C)O1)OCOCc1ccccc1. The average molecular weight is 703 g/mol. The fourth-order valence-corrected chi connectivity index (χ4v) is 6.67. The molecule has 2 aliphatic rings. The molecule has 0 spiro atoms. The Hall–Kier alpha value is -2.45. The highest BCUT2D eigenvalue weighted by atomic mass is 16.7. The minimum absolute atomic E-state index is 0.0104. The molecule has 2 heterocycles. The monoisotopic (exact) mass is 702 g/mol. The molecule has 6 atom stereocenters. The van der Waals surface area contributed by atoms with E-state index in [1.165, 1.54) is 6.92 Å². The van der Waals surface area contributed by atoms with Crippen molar-refractivity contribution in [1.29, 1.82) is 0 Å². The van der Waals surface area contributed by atoms with Crippen LogP contribution >= 0.6 is 0 Å². The van der Waals surface area contributed by atoms with Gasteiger partial charge in [-0.2, -0.15) is 0 Å². The minimum Gasteiger partial charge on any atom is -0.466 e. The number of carbonyl (C=O) groups excluding carboxylic acids is 1. The summed E-state index contributed by atoms with van der Waals surface area (Å²) in [5.74, 6) is -1.93. The highest BCUT2D eigenvalue weighted by molar-refractivity contribution is 5.65. The molecule has 0 bridgehead atoms. The molecule has 11 heteroatoms. The molecular weight excluding hydrogens is 644 g/mol. The van der Waals surface area contributed by atoms with Crippen molar-refractivity contribution < 1.29 is 52.5 Å². The molecule has 11 nitrogen and oxygen atoms in total. The lowest BCUT2D eigenvalue weighted by molar-refractivity contribution is -0.328. The van der Waals surface area contributed by atoms with Gasteiger partial charge in [-0.25, -0.2) is 0 Å². The summed E-state index contributed by atoms with van der Waals surface area (Å²) in [5.41, 5.74) is 2.14. The fourth-order valence-electron chi connectivity index (χ4n) is 6.67. The van der Waals surface area contributed by atoms with Crippen molar-refractivity contribution in [2.24, 2.45) is 0 Å². The Labute approximate surface area is 297 Å². The lowest BCUT2D eigenvalue weighted by Crippen LogP contribution is -2.50. The van der Waals surface area contributed by atoms with E-state index in [0.717, 1.165) is 11.1 Å². The third kappa shape index (κ3) is 15.4. The van der Waals surface area contributed by atoms with Crippen molar-refractivity contribution in [3.05, 3.63) is 71.8 Å². The van der Waals surface area contributed by atoms with Crippen LogP contribution in [0.1, 0.15) is 90.7 Å². The summed E-state index contributed by atoms with van der Waals surface area (Å²) in [6, 6.07) is 19.9. The van der Waals surface area contributed by atoms with Gasteiger partial charge in [0.2, 0.25) is 0 Å². The van der Waals surface area contributed by atoms with Gasteiger partial charge in [0, 0.05) is 52.1 Å². The van der Waals surface area contributed by atoms with Crippen LogP contribution in [0.25, 0.3) is 0 Å². The van der Waals surface area contributed by atoms with E-state index < -0.39 is 11.6 Å². The van der Waals surface area contributed by atoms with Gasteiger partial charge >= 0.3 is 5.97 Å². The van der Waals surface area contributed by atoms with Gasteiger partial charge in [-0.1, -0.05) is 60.7 Å². The number of carbonyl (C=O) groups is 1. The number of benzene rings is 2. The topological polar surface area (TPSA) is 120 Å². The molecule has 2 saturated heterocycles. The minimum atomic E-state index is -0.808. The molecular formula is C39H58O11. The van der Waals surface area contributed by atoms with Crippen LogP contribution in [0.4, 0.5) is 0 Å². The van der Waals surface area contributed by atoms with E-state index >= 15 is 0 Å². The summed E-state index contributed by atoms with van der Waals surface area (Å²) in [6.45, 7) is 10.5. The number of rotatable bonds is 21. The second-order valence-corrected chi connectivity index (χ2v) is 14.1. The quantitative estimate of drug-likeness (QED) is 0.0880. The van der Waals surface area contributed by atoms with E-state index in [-0.39, 0.29) is 69.4 Å². The highest BCUT2D eigenvalue weighted by Crippen LogP contribution is 2.36. The molecule has 2 aromatic carbocycles. The highest BCUT2D eigenvalue weighted by Gasteiger charge is 2.42. The Morgan fingerprint density at radius 2 is 1.16 bits per heavy atom. The molecule has 2 aliphatic heterocycles. The summed E-state index contributed by atoms with van der Waals surface area (Å²) in [4.78, 5) is 11.4. The molecule has 0 aliphatic carbocycles.